The van der Waals surface area contributed by atoms with Gasteiger partial charge >= 0.3 is 6.09 Å². The van der Waals surface area contributed by atoms with Crippen LogP contribution in [0.25, 0.3) is 21.7 Å². The molecule has 1 amide bonds. The second kappa shape index (κ2) is 8.81. The lowest BCUT2D eigenvalue weighted by molar-refractivity contribution is 0.0509. The number of sulfone groups is 1. The van der Waals surface area contributed by atoms with E-state index in [1.54, 1.807) is 19.2 Å². The van der Waals surface area contributed by atoms with Crippen LogP contribution in [-0.4, -0.2) is 49.0 Å². The summed E-state index contributed by atoms with van der Waals surface area (Å²) in [5, 5.41) is 9.71. The zero-order valence-corrected chi connectivity index (χ0v) is 21.7. The van der Waals surface area contributed by atoms with Gasteiger partial charge in [0.2, 0.25) is 9.84 Å². The summed E-state index contributed by atoms with van der Waals surface area (Å²) >= 11 is 0. The molecule has 1 atom stereocenters. The third kappa shape index (κ3) is 4.51. The van der Waals surface area contributed by atoms with E-state index in [2.05, 4.69) is 15.3 Å². The zero-order chi connectivity index (χ0) is 25.7. The molecule has 0 unspecified atom stereocenters. The van der Waals surface area contributed by atoms with Crippen LogP contribution >= 0.6 is 0 Å². The van der Waals surface area contributed by atoms with Crippen molar-refractivity contribution in [2.75, 3.05) is 18.0 Å². The molecular weight excluding hydrogens is 476 g/mol. The van der Waals surface area contributed by atoms with E-state index in [1.165, 1.54) is 4.68 Å². The Morgan fingerprint density at radius 2 is 1.81 bits per heavy atom. The summed E-state index contributed by atoms with van der Waals surface area (Å²) in [7, 11) is -2.19. The number of amides is 1. The van der Waals surface area contributed by atoms with Crippen molar-refractivity contribution in [1.82, 2.24) is 15.1 Å². The topological polar surface area (TPSA) is 93.5 Å². The number of aryl methyl sites for hydroxylation is 1. The number of carbonyl (C=O) groups excluding carboxylic acids is 1. The van der Waals surface area contributed by atoms with Gasteiger partial charge in [0.1, 0.15) is 5.60 Å². The lowest BCUT2D eigenvalue weighted by Crippen LogP contribution is -2.40. The van der Waals surface area contributed by atoms with E-state index < -0.39 is 21.5 Å². The molecule has 0 radical (unpaired) electrons. The summed E-state index contributed by atoms with van der Waals surface area (Å²) in [6.07, 6.45) is 0.339. The molecule has 1 saturated heterocycles. The monoisotopic (exact) mass is 506 g/mol. The summed E-state index contributed by atoms with van der Waals surface area (Å²) in [6, 6.07) is 18.4. The van der Waals surface area contributed by atoms with E-state index in [9.17, 15) is 13.2 Å². The molecule has 0 bridgehead atoms. The van der Waals surface area contributed by atoms with Crippen molar-refractivity contribution in [3.05, 3.63) is 60.7 Å². The lowest BCUT2D eigenvalue weighted by atomic mass is 10.1. The Bertz CT molecular complexity index is 1560. The van der Waals surface area contributed by atoms with Crippen LogP contribution in [0.2, 0.25) is 0 Å². The van der Waals surface area contributed by atoms with Crippen LogP contribution in [0.5, 0.6) is 0 Å². The number of nitrogens with one attached hydrogen (secondary N) is 1. The summed E-state index contributed by atoms with van der Waals surface area (Å²) in [6.45, 7) is 6.84. The second-order valence-corrected chi connectivity index (χ2v) is 12.0. The molecular formula is C27H30N4O4S. The fourth-order valence-corrected chi connectivity index (χ4v) is 6.58. The van der Waals surface area contributed by atoms with E-state index >= 15 is 0 Å². The predicted octanol–water partition coefficient (Wildman–Crippen LogP) is 4.66. The molecule has 36 heavy (non-hydrogen) atoms. The van der Waals surface area contributed by atoms with Crippen molar-refractivity contribution >= 4 is 43.3 Å². The molecule has 2 heterocycles. The van der Waals surface area contributed by atoms with Crippen molar-refractivity contribution in [1.29, 1.82) is 0 Å². The van der Waals surface area contributed by atoms with Crippen LogP contribution in [0, 0.1) is 0 Å². The van der Waals surface area contributed by atoms with Crippen molar-refractivity contribution in [3.8, 4) is 0 Å². The van der Waals surface area contributed by atoms with Crippen molar-refractivity contribution < 1.29 is 17.9 Å². The zero-order valence-electron chi connectivity index (χ0n) is 20.9. The summed E-state index contributed by atoms with van der Waals surface area (Å²) in [4.78, 5) is 14.6. The summed E-state index contributed by atoms with van der Waals surface area (Å²) in [5.74, 6) is 0. The Hall–Kier alpha value is -3.59. The van der Waals surface area contributed by atoms with Gasteiger partial charge in [0.15, 0.2) is 5.03 Å². The number of carbonyl (C=O) groups is 1. The van der Waals surface area contributed by atoms with Gasteiger partial charge in [-0.1, -0.05) is 36.4 Å². The number of hydrogen-bond acceptors (Lipinski definition) is 6. The number of hydrogen-bond donors (Lipinski definition) is 1. The van der Waals surface area contributed by atoms with Crippen LogP contribution in [0.4, 0.5) is 10.5 Å². The quantitative estimate of drug-likeness (QED) is 0.433. The van der Waals surface area contributed by atoms with Crippen molar-refractivity contribution in [2.45, 2.75) is 48.8 Å². The number of anilines is 1. The van der Waals surface area contributed by atoms with Gasteiger partial charge in [-0.15, -0.1) is 0 Å². The van der Waals surface area contributed by atoms with E-state index in [1.807, 2.05) is 69.3 Å². The first kappa shape index (κ1) is 24.1. The third-order valence-electron chi connectivity index (χ3n) is 6.33. The molecule has 1 aromatic heterocycles. The second-order valence-electron chi connectivity index (χ2n) is 10.2. The Kier molecular flexibility index (Phi) is 5.90. The Morgan fingerprint density at radius 3 is 2.58 bits per heavy atom. The van der Waals surface area contributed by atoms with Gasteiger partial charge in [-0.3, -0.25) is 4.68 Å². The molecule has 8 nitrogen and oxygen atoms in total. The first-order valence-electron chi connectivity index (χ1n) is 12.0. The van der Waals surface area contributed by atoms with Gasteiger partial charge in [-0.2, -0.15) is 5.10 Å². The average Bonchev–Trinajstić information content (AvgIpc) is 3.40. The molecule has 0 saturated carbocycles. The van der Waals surface area contributed by atoms with E-state index in [-0.39, 0.29) is 16.0 Å². The van der Waals surface area contributed by atoms with Gasteiger partial charge in [0, 0.05) is 36.6 Å². The van der Waals surface area contributed by atoms with Crippen LogP contribution < -0.4 is 10.2 Å². The third-order valence-corrected chi connectivity index (χ3v) is 8.26. The van der Waals surface area contributed by atoms with E-state index in [0.29, 0.717) is 22.8 Å². The van der Waals surface area contributed by atoms with Gasteiger partial charge < -0.3 is 15.0 Å². The number of benzene rings is 3. The Balaban J connectivity index is 1.47. The van der Waals surface area contributed by atoms with Crippen LogP contribution in [-0.2, 0) is 21.6 Å². The number of fused-ring (bicyclic) bond motifs is 2. The highest BCUT2D eigenvalue weighted by Crippen LogP contribution is 2.34. The average molecular weight is 507 g/mol. The molecule has 9 heteroatoms. The molecule has 3 aromatic carbocycles. The first-order chi connectivity index (χ1) is 17.0. The van der Waals surface area contributed by atoms with Crippen molar-refractivity contribution in [2.24, 2.45) is 7.05 Å². The Morgan fingerprint density at radius 1 is 1.06 bits per heavy atom. The minimum Gasteiger partial charge on any atom is -0.444 e. The maximum absolute atomic E-state index is 13.9. The molecule has 1 fully saturated rings. The number of aromatic nitrogens is 2. The number of alkyl carbamates (subject to hydrolysis) is 1. The molecule has 1 aliphatic rings. The number of nitrogens with zero attached hydrogens (tertiary/aromatic N) is 3. The highest BCUT2D eigenvalue weighted by atomic mass is 32.2. The molecule has 188 valence electrons. The predicted molar refractivity (Wildman–Crippen MR) is 140 cm³/mol. The Labute approximate surface area is 210 Å². The number of rotatable bonds is 4. The first-order valence-corrected chi connectivity index (χ1v) is 13.5. The molecule has 4 aromatic rings. The van der Waals surface area contributed by atoms with Gasteiger partial charge in [-0.05, 0) is 56.8 Å². The maximum atomic E-state index is 13.9. The maximum Gasteiger partial charge on any atom is 0.407 e. The van der Waals surface area contributed by atoms with Crippen LogP contribution in [0.3, 0.4) is 0 Å². The van der Waals surface area contributed by atoms with Crippen LogP contribution in [0.15, 0.2) is 70.6 Å². The standard InChI is InChI=1S/C27H30N4O4S/c1-27(2,3)35-26(32)28-19-14-15-31(17-19)20-12-13-23-22(16-20)25(30(4)29-23)36(33,34)24-11-7-9-18-8-5-6-10-21(18)24/h5-13,16,19H,14-15,17H2,1-4H3,(H,28,32)/t19-/m1/s1. The highest BCUT2D eigenvalue weighted by Gasteiger charge is 2.29. The molecule has 1 aliphatic heterocycles. The largest absolute Gasteiger partial charge is 0.444 e. The highest BCUT2D eigenvalue weighted by molar-refractivity contribution is 7.91. The van der Waals surface area contributed by atoms with Gasteiger partial charge in [0.25, 0.3) is 0 Å². The minimum atomic E-state index is -3.86. The summed E-state index contributed by atoms with van der Waals surface area (Å²) < 4.78 is 34.7. The van der Waals surface area contributed by atoms with Gasteiger partial charge in [-0.25, -0.2) is 13.2 Å². The fourth-order valence-electron chi connectivity index (χ4n) is 4.80. The molecule has 0 spiro atoms. The lowest BCUT2D eigenvalue weighted by Gasteiger charge is -2.22. The SMILES string of the molecule is Cn1nc2ccc(N3CC[C@@H](NC(=O)OC(C)(C)C)C3)cc2c1S(=O)(=O)c1cccc2ccccc12. The van der Waals surface area contributed by atoms with Crippen LogP contribution in [0.1, 0.15) is 27.2 Å². The molecule has 0 aliphatic carbocycles. The van der Waals surface area contributed by atoms with E-state index in [4.69, 9.17) is 4.74 Å². The fraction of sp³-hybridized carbons (Fsp3) is 0.333. The molecule has 1 N–H and O–H groups in total. The molecule has 5 rings (SSSR count). The minimum absolute atomic E-state index is 0.0525. The number of ether oxygens (including phenoxy) is 1. The van der Waals surface area contributed by atoms with E-state index in [0.717, 1.165) is 24.0 Å². The smallest absolute Gasteiger partial charge is 0.407 e. The van der Waals surface area contributed by atoms with Gasteiger partial charge in [0.05, 0.1) is 16.5 Å². The normalized spacial score (nSPS) is 16.6. The van der Waals surface area contributed by atoms with Crippen molar-refractivity contribution in [3.63, 3.8) is 0 Å². The summed E-state index contributed by atoms with van der Waals surface area (Å²) in [5.41, 5.74) is 0.945.